The average molecular weight is 361 g/mol. The summed E-state index contributed by atoms with van der Waals surface area (Å²) < 4.78 is 39.8. The Bertz CT molecular complexity index is 532. The fraction of sp³-hybridized carbons (Fsp3) is 0.667. The van der Waals surface area contributed by atoms with Crippen molar-refractivity contribution in [1.29, 1.82) is 0 Å². The number of hydrogen-bond donors (Lipinski definition) is 1. The van der Waals surface area contributed by atoms with Crippen LogP contribution in [0.2, 0.25) is 5.02 Å². The molecule has 24 heavy (non-hydrogen) atoms. The minimum absolute atomic E-state index is 0.0609. The third kappa shape index (κ3) is 4.06. The van der Waals surface area contributed by atoms with Gasteiger partial charge in [0.2, 0.25) is 0 Å². The lowest BCUT2D eigenvalue weighted by Crippen LogP contribution is -2.47. The lowest BCUT2D eigenvalue weighted by atomic mass is 9.80. The monoisotopic (exact) mass is 360 g/mol. The second-order valence-electron chi connectivity index (χ2n) is 6.87. The van der Waals surface area contributed by atoms with E-state index in [4.69, 9.17) is 11.6 Å². The third-order valence-electron chi connectivity index (χ3n) is 5.28. The van der Waals surface area contributed by atoms with Gasteiger partial charge < -0.3 is 5.32 Å². The van der Waals surface area contributed by atoms with Gasteiger partial charge in [-0.2, -0.15) is 13.2 Å². The van der Waals surface area contributed by atoms with Crippen LogP contribution in [0.15, 0.2) is 18.2 Å². The van der Waals surface area contributed by atoms with Crippen molar-refractivity contribution in [1.82, 2.24) is 10.2 Å². The highest BCUT2D eigenvalue weighted by molar-refractivity contribution is 6.31. The standard InChI is InChI=1S/C18H24ClF3N2/c19-16-7-6-14(12-15(16)18(20,21)22)17(13-4-2-1-3-5-13)24-10-8-23-9-11-24/h6-7,12-13,17,23H,1-5,8-11H2/t17-/m1/s1. The predicted molar refractivity (Wildman–Crippen MR) is 90.2 cm³/mol. The Morgan fingerprint density at radius 3 is 2.38 bits per heavy atom. The largest absolute Gasteiger partial charge is 0.417 e. The van der Waals surface area contributed by atoms with Gasteiger partial charge >= 0.3 is 6.18 Å². The van der Waals surface area contributed by atoms with Crippen molar-refractivity contribution in [3.8, 4) is 0 Å². The smallest absolute Gasteiger partial charge is 0.314 e. The first-order valence-electron chi connectivity index (χ1n) is 8.78. The summed E-state index contributed by atoms with van der Waals surface area (Å²) >= 11 is 5.81. The van der Waals surface area contributed by atoms with Crippen LogP contribution >= 0.6 is 11.6 Å². The van der Waals surface area contributed by atoms with Crippen molar-refractivity contribution in [2.45, 2.75) is 44.3 Å². The third-order valence-corrected chi connectivity index (χ3v) is 5.61. The van der Waals surface area contributed by atoms with Crippen molar-refractivity contribution in [2.75, 3.05) is 26.2 Å². The molecule has 6 heteroatoms. The molecule has 0 unspecified atom stereocenters. The van der Waals surface area contributed by atoms with Crippen LogP contribution in [0.3, 0.4) is 0 Å². The Labute approximate surface area is 146 Å². The maximum atomic E-state index is 13.3. The van der Waals surface area contributed by atoms with E-state index in [9.17, 15) is 13.2 Å². The van der Waals surface area contributed by atoms with Gasteiger partial charge in [0, 0.05) is 32.2 Å². The molecule has 2 nitrogen and oxygen atoms in total. The first kappa shape index (κ1) is 18.0. The summed E-state index contributed by atoms with van der Waals surface area (Å²) in [5.41, 5.74) is 0.0538. The minimum Gasteiger partial charge on any atom is -0.314 e. The van der Waals surface area contributed by atoms with E-state index < -0.39 is 11.7 Å². The molecule has 0 aromatic heterocycles. The summed E-state index contributed by atoms with van der Waals surface area (Å²) in [5, 5.41) is 3.11. The van der Waals surface area contributed by atoms with E-state index in [-0.39, 0.29) is 11.1 Å². The van der Waals surface area contributed by atoms with Gasteiger partial charge in [-0.1, -0.05) is 36.9 Å². The first-order chi connectivity index (χ1) is 11.5. The van der Waals surface area contributed by atoms with Gasteiger partial charge in [-0.05, 0) is 36.5 Å². The van der Waals surface area contributed by atoms with Crippen molar-refractivity contribution in [3.05, 3.63) is 34.3 Å². The van der Waals surface area contributed by atoms with Crippen LogP contribution in [0.4, 0.5) is 13.2 Å². The van der Waals surface area contributed by atoms with Crippen LogP contribution in [0.1, 0.15) is 49.3 Å². The number of halogens is 4. The molecule has 1 aromatic rings. The fourth-order valence-corrected chi connectivity index (χ4v) is 4.36. The molecule has 1 aliphatic heterocycles. The van der Waals surface area contributed by atoms with E-state index in [1.807, 2.05) is 0 Å². The van der Waals surface area contributed by atoms with Crippen molar-refractivity contribution in [2.24, 2.45) is 5.92 Å². The summed E-state index contributed by atoms with van der Waals surface area (Å²) in [4.78, 5) is 2.36. The zero-order valence-electron chi connectivity index (χ0n) is 13.7. The minimum atomic E-state index is -4.41. The Morgan fingerprint density at radius 1 is 1.08 bits per heavy atom. The van der Waals surface area contributed by atoms with Crippen LogP contribution in [-0.2, 0) is 6.18 Å². The molecule has 1 N–H and O–H groups in total. The Balaban J connectivity index is 1.95. The summed E-state index contributed by atoms with van der Waals surface area (Å²) in [5.74, 6) is 0.430. The summed E-state index contributed by atoms with van der Waals surface area (Å²) in [6.45, 7) is 3.54. The van der Waals surface area contributed by atoms with E-state index in [1.54, 1.807) is 6.07 Å². The Hall–Kier alpha value is -0.780. The maximum absolute atomic E-state index is 13.3. The quantitative estimate of drug-likeness (QED) is 0.826. The van der Waals surface area contributed by atoms with E-state index in [0.29, 0.717) is 5.92 Å². The fourth-order valence-electron chi connectivity index (χ4n) is 4.14. The lowest BCUT2D eigenvalue weighted by molar-refractivity contribution is -0.137. The van der Waals surface area contributed by atoms with Crippen molar-refractivity contribution < 1.29 is 13.2 Å². The number of hydrogen-bond acceptors (Lipinski definition) is 2. The normalized spacial score (nSPS) is 22.5. The molecule has 0 spiro atoms. The molecule has 2 fully saturated rings. The van der Waals surface area contributed by atoms with Crippen LogP contribution in [0, 0.1) is 5.92 Å². The van der Waals surface area contributed by atoms with Gasteiger partial charge in [-0.25, -0.2) is 0 Å². The number of benzene rings is 1. The van der Waals surface area contributed by atoms with Gasteiger partial charge in [-0.3, -0.25) is 4.90 Å². The van der Waals surface area contributed by atoms with Gasteiger partial charge in [0.15, 0.2) is 0 Å². The zero-order chi connectivity index (χ0) is 17.2. The number of piperazine rings is 1. The summed E-state index contributed by atoms with van der Waals surface area (Å²) in [6, 6.07) is 4.55. The SMILES string of the molecule is FC(F)(F)c1cc([C@@H](C2CCCCC2)N2CCNCC2)ccc1Cl. The van der Waals surface area contributed by atoms with Gasteiger partial charge in [-0.15, -0.1) is 0 Å². The van der Waals surface area contributed by atoms with Crippen LogP contribution in [-0.4, -0.2) is 31.1 Å². The van der Waals surface area contributed by atoms with Crippen molar-refractivity contribution >= 4 is 11.6 Å². The van der Waals surface area contributed by atoms with Gasteiger partial charge in [0.1, 0.15) is 0 Å². The van der Waals surface area contributed by atoms with E-state index in [2.05, 4.69) is 10.2 Å². The molecule has 3 rings (SSSR count). The molecule has 1 aromatic carbocycles. The predicted octanol–water partition coefficient (Wildman–Crippen LogP) is 4.89. The number of nitrogens with zero attached hydrogens (tertiary/aromatic N) is 1. The molecule has 1 atom stereocenters. The molecule has 1 saturated carbocycles. The lowest BCUT2D eigenvalue weighted by Gasteiger charge is -2.41. The highest BCUT2D eigenvalue weighted by atomic mass is 35.5. The molecule has 1 heterocycles. The van der Waals surface area contributed by atoms with E-state index in [1.165, 1.54) is 31.4 Å². The van der Waals surface area contributed by atoms with Crippen LogP contribution in [0.5, 0.6) is 0 Å². The first-order valence-corrected chi connectivity index (χ1v) is 9.16. The highest BCUT2D eigenvalue weighted by Gasteiger charge is 2.36. The second-order valence-corrected chi connectivity index (χ2v) is 7.27. The molecule has 2 aliphatic rings. The Morgan fingerprint density at radius 2 is 1.75 bits per heavy atom. The van der Waals surface area contributed by atoms with E-state index in [0.717, 1.165) is 44.6 Å². The molecule has 1 aliphatic carbocycles. The molecule has 1 saturated heterocycles. The molecular weight excluding hydrogens is 337 g/mol. The summed E-state index contributed by atoms with van der Waals surface area (Å²) in [6.07, 6.45) is 1.37. The highest BCUT2D eigenvalue weighted by Crippen LogP contribution is 2.42. The summed E-state index contributed by atoms with van der Waals surface area (Å²) in [7, 11) is 0. The number of nitrogens with one attached hydrogen (secondary N) is 1. The molecule has 0 radical (unpaired) electrons. The van der Waals surface area contributed by atoms with Crippen molar-refractivity contribution in [3.63, 3.8) is 0 Å². The molecule has 134 valence electrons. The Kier molecular flexibility index (Phi) is 5.73. The van der Waals surface area contributed by atoms with Crippen LogP contribution in [0.25, 0.3) is 0 Å². The van der Waals surface area contributed by atoms with Crippen LogP contribution < -0.4 is 5.32 Å². The molecule has 0 bridgehead atoms. The van der Waals surface area contributed by atoms with Gasteiger partial charge in [0.05, 0.1) is 10.6 Å². The maximum Gasteiger partial charge on any atom is 0.417 e. The van der Waals surface area contributed by atoms with E-state index >= 15 is 0 Å². The number of rotatable bonds is 3. The topological polar surface area (TPSA) is 15.3 Å². The zero-order valence-corrected chi connectivity index (χ0v) is 14.5. The molecule has 0 amide bonds. The van der Waals surface area contributed by atoms with Gasteiger partial charge in [0.25, 0.3) is 0 Å². The average Bonchev–Trinajstić information content (AvgIpc) is 2.57. The molecular formula is C18H24ClF3N2. The number of alkyl halides is 3. The second kappa shape index (κ2) is 7.63.